The summed E-state index contributed by atoms with van der Waals surface area (Å²) in [5.74, 6) is 0. The second kappa shape index (κ2) is 4.93. The monoisotopic (exact) mass is 220 g/mol. The van der Waals surface area contributed by atoms with Crippen LogP contribution in [0.3, 0.4) is 0 Å². The number of hydrogen-bond acceptors (Lipinski definition) is 3. The zero-order chi connectivity index (χ0) is 11.4. The Labute approximate surface area is 96.7 Å². The lowest BCUT2D eigenvalue weighted by Gasteiger charge is -2.39. The van der Waals surface area contributed by atoms with Crippen LogP contribution < -0.4 is 5.73 Å². The predicted molar refractivity (Wildman–Crippen MR) is 63.8 cm³/mol. The molecule has 1 saturated carbocycles. The number of aliphatic hydroxyl groups is 1. The minimum absolute atomic E-state index is 0.146. The van der Waals surface area contributed by atoms with E-state index in [-0.39, 0.29) is 5.41 Å². The van der Waals surface area contributed by atoms with Gasteiger partial charge in [-0.15, -0.1) is 0 Å². The standard InChI is InChI=1S/C13H20N2O/c14-10-13(7-3-1-4-8-13)12(16)11-6-2-5-9-15-11/h2,5-6,9,12,16H,1,3-4,7-8,10,14H2. The van der Waals surface area contributed by atoms with Crippen molar-refractivity contribution in [1.29, 1.82) is 0 Å². The fourth-order valence-electron chi connectivity index (χ4n) is 2.70. The molecule has 0 saturated heterocycles. The smallest absolute Gasteiger partial charge is 0.103 e. The molecule has 88 valence electrons. The van der Waals surface area contributed by atoms with E-state index in [4.69, 9.17) is 5.73 Å². The molecule has 0 spiro atoms. The van der Waals surface area contributed by atoms with Gasteiger partial charge in [-0.2, -0.15) is 0 Å². The first kappa shape index (κ1) is 11.6. The van der Waals surface area contributed by atoms with E-state index < -0.39 is 6.10 Å². The molecule has 1 atom stereocenters. The van der Waals surface area contributed by atoms with Gasteiger partial charge in [0.25, 0.3) is 0 Å². The van der Waals surface area contributed by atoms with Gasteiger partial charge in [-0.1, -0.05) is 25.3 Å². The first-order valence-corrected chi connectivity index (χ1v) is 6.07. The number of pyridine rings is 1. The summed E-state index contributed by atoms with van der Waals surface area (Å²) in [5, 5.41) is 10.5. The molecule has 1 aliphatic rings. The van der Waals surface area contributed by atoms with Crippen LogP contribution in [0.1, 0.15) is 43.9 Å². The van der Waals surface area contributed by atoms with Crippen molar-refractivity contribution < 1.29 is 5.11 Å². The molecule has 1 aromatic heterocycles. The fourth-order valence-corrected chi connectivity index (χ4v) is 2.70. The van der Waals surface area contributed by atoms with Gasteiger partial charge in [-0.25, -0.2) is 0 Å². The average Bonchev–Trinajstić information content (AvgIpc) is 2.39. The van der Waals surface area contributed by atoms with E-state index in [9.17, 15) is 5.11 Å². The molecule has 0 aliphatic heterocycles. The summed E-state index contributed by atoms with van der Waals surface area (Å²) in [6.45, 7) is 0.546. The Kier molecular flexibility index (Phi) is 3.56. The van der Waals surface area contributed by atoms with Crippen LogP contribution in [0.5, 0.6) is 0 Å². The Bertz CT molecular complexity index is 320. The molecule has 1 unspecified atom stereocenters. The summed E-state index contributed by atoms with van der Waals surface area (Å²) in [6.07, 6.45) is 6.84. The van der Waals surface area contributed by atoms with Crippen molar-refractivity contribution in [2.75, 3.05) is 6.54 Å². The first-order chi connectivity index (χ1) is 7.78. The lowest BCUT2D eigenvalue weighted by atomic mass is 9.69. The number of aliphatic hydroxyl groups excluding tert-OH is 1. The Hall–Kier alpha value is -0.930. The van der Waals surface area contributed by atoms with Crippen LogP contribution in [0.2, 0.25) is 0 Å². The summed E-state index contributed by atoms with van der Waals surface area (Å²) < 4.78 is 0. The Morgan fingerprint density at radius 1 is 1.31 bits per heavy atom. The maximum absolute atomic E-state index is 10.5. The molecular formula is C13H20N2O. The van der Waals surface area contributed by atoms with Gasteiger partial charge in [0.05, 0.1) is 5.69 Å². The molecule has 3 heteroatoms. The highest BCUT2D eigenvalue weighted by Crippen LogP contribution is 2.44. The van der Waals surface area contributed by atoms with Crippen LogP contribution in [-0.4, -0.2) is 16.6 Å². The Balaban J connectivity index is 2.20. The van der Waals surface area contributed by atoms with Gasteiger partial charge in [0.15, 0.2) is 0 Å². The van der Waals surface area contributed by atoms with Crippen LogP contribution in [0.4, 0.5) is 0 Å². The molecule has 0 amide bonds. The van der Waals surface area contributed by atoms with Gasteiger partial charge >= 0.3 is 0 Å². The molecule has 3 N–H and O–H groups in total. The summed E-state index contributed by atoms with van der Waals surface area (Å²) in [4.78, 5) is 4.24. The summed E-state index contributed by atoms with van der Waals surface area (Å²) >= 11 is 0. The topological polar surface area (TPSA) is 59.1 Å². The van der Waals surface area contributed by atoms with Gasteiger partial charge in [0.2, 0.25) is 0 Å². The van der Waals surface area contributed by atoms with Gasteiger partial charge in [-0.05, 0) is 25.0 Å². The highest BCUT2D eigenvalue weighted by Gasteiger charge is 2.39. The summed E-state index contributed by atoms with van der Waals surface area (Å²) in [7, 11) is 0. The van der Waals surface area contributed by atoms with E-state index in [1.165, 1.54) is 19.3 Å². The SMILES string of the molecule is NCC1(C(O)c2ccccn2)CCCCC1. The number of nitrogens with two attached hydrogens (primary N) is 1. The molecule has 3 nitrogen and oxygen atoms in total. The quantitative estimate of drug-likeness (QED) is 0.819. The number of aromatic nitrogens is 1. The normalized spacial score (nSPS) is 21.6. The van der Waals surface area contributed by atoms with Gasteiger partial charge in [-0.3, -0.25) is 4.98 Å². The van der Waals surface area contributed by atoms with Crippen molar-refractivity contribution in [2.45, 2.75) is 38.2 Å². The number of nitrogens with zero attached hydrogens (tertiary/aromatic N) is 1. The molecule has 16 heavy (non-hydrogen) atoms. The van der Waals surface area contributed by atoms with Crippen LogP contribution >= 0.6 is 0 Å². The molecule has 2 rings (SSSR count). The van der Waals surface area contributed by atoms with Gasteiger partial charge in [0.1, 0.15) is 6.10 Å². The number of rotatable bonds is 3. The van der Waals surface area contributed by atoms with Crippen LogP contribution in [-0.2, 0) is 0 Å². The van der Waals surface area contributed by atoms with Gasteiger partial charge < -0.3 is 10.8 Å². The molecule has 1 aliphatic carbocycles. The minimum atomic E-state index is -0.515. The van der Waals surface area contributed by atoms with Crippen molar-refractivity contribution >= 4 is 0 Å². The first-order valence-electron chi connectivity index (χ1n) is 6.07. The van der Waals surface area contributed by atoms with Crippen molar-refractivity contribution in [3.05, 3.63) is 30.1 Å². The molecule has 1 heterocycles. The largest absolute Gasteiger partial charge is 0.386 e. The van der Waals surface area contributed by atoms with Crippen LogP contribution in [0.15, 0.2) is 24.4 Å². The zero-order valence-corrected chi connectivity index (χ0v) is 9.60. The second-order valence-electron chi connectivity index (χ2n) is 4.78. The van der Waals surface area contributed by atoms with E-state index in [0.29, 0.717) is 6.54 Å². The van der Waals surface area contributed by atoms with Crippen molar-refractivity contribution in [3.63, 3.8) is 0 Å². The Morgan fingerprint density at radius 3 is 2.62 bits per heavy atom. The van der Waals surface area contributed by atoms with Gasteiger partial charge in [0, 0.05) is 18.2 Å². The van der Waals surface area contributed by atoms with E-state index in [1.807, 2.05) is 18.2 Å². The molecule has 0 radical (unpaired) electrons. The zero-order valence-electron chi connectivity index (χ0n) is 9.60. The second-order valence-corrected chi connectivity index (χ2v) is 4.78. The third-order valence-corrected chi connectivity index (χ3v) is 3.80. The van der Waals surface area contributed by atoms with E-state index >= 15 is 0 Å². The predicted octanol–water partition coefficient (Wildman–Crippen LogP) is 2.02. The third kappa shape index (κ3) is 2.11. The van der Waals surface area contributed by atoms with Crippen molar-refractivity contribution in [2.24, 2.45) is 11.1 Å². The van der Waals surface area contributed by atoms with Crippen molar-refractivity contribution in [1.82, 2.24) is 4.98 Å². The molecule has 1 aromatic rings. The lowest BCUT2D eigenvalue weighted by Crippen LogP contribution is -2.38. The Morgan fingerprint density at radius 2 is 2.06 bits per heavy atom. The molecular weight excluding hydrogens is 200 g/mol. The van der Waals surface area contributed by atoms with Crippen molar-refractivity contribution in [3.8, 4) is 0 Å². The minimum Gasteiger partial charge on any atom is -0.386 e. The fraction of sp³-hybridized carbons (Fsp3) is 0.615. The van der Waals surface area contributed by atoms with Crippen LogP contribution in [0, 0.1) is 5.41 Å². The lowest BCUT2D eigenvalue weighted by molar-refractivity contribution is -0.00213. The molecule has 0 aromatic carbocycles. The highest BCUT2D eigenvalue weighted by atomic mass is 16.3. The summed E-state index contributed by atoms with van der Waals surface area (Å²) in [6, 6.07) is 5.67. The van der Waals surface area contributed by atoms with Crippen LogP contribution in [0.25, 0.3) is 0 Å². The molecule has 0 bridgehead atoms. The van der Waals surface area contributed by atoms with E-state index in [0.717, 1.165) is 18.5 Å². The average molecular weight is 220 g/mol. The van der Waals surface area contributed by atoms with E-state index in [2.05, 4.69) is 4.98 Å². The molecule has 1 fully saturated rings. The number of hydrogen-bond donors (Lipinski definition) is 2. The third-order valence-electron chi connectivity index (χ3n) is 3.80. The summed E-state index contributed by atoms with van der Waals surface area (Å²) in [5.41, 5.74) is 6.50. The maximum atomic E-state index is 10.5. The van der Waals surface area contributed by atoms with E-state index in [1.54, 1.807) is 6.20 Å². The maximum Gasteiger partial charge on any atom is 0.103 e. The highest BCUT2D eigenvalue weighted by molar-refractivity contribution is 5.11.